The number of carbonyl (C=O) groups is 1. The molecule has 0 spiro atoms. The van der Waals surface area contributed by atoms with Crippen LogP contribution < -0.4 is 9.64 Å². The molecule has 30 heavy (non-hydrogen) atoms. The number of ether oxygens (including phenoxy) is 1. The predicted octanol–water partition coefficient (Wildman–Crippen LogP) is 3.88. The lowest BCUT2D eigenvalue weighted by Gasteiger charge is -2.24. The second kappa shape index (κ2) is 10.0. The van der Waals surface area contributed by atoms with Crippen LogP contribution in [0.3, 0.4) is 0 Å². The minimum atomic E-state index is -0.00237. The Kier molecular flexibility index (Phi) is 7.44. The second-order valence-electron chi connectivity index (χ2n) is 7.22. The van der Waals surface area contributed by atoms with Gasteiger partial charge in [0.1, 0.15) is 12.3 Å². The topological polar surface area (TPSA) is 63.5 Å². The zero-order valence-corrected chi connectivity index (χ0v) is 19.3. The first-order valence-electron chi connectivity index (χ1n) is 10.5. The number of rotatable bonds is 10. The Morgan fingerprint density at radius 3 is 2.53 bits per heavy atom. The van der Waals surface area contributed by atoms with Gasteiger partial charge in [0.25, 0.3) is 5.91 Å². The summed E-state index contributed by atoms with van der Waals surface area (Å²) >= 11 is 1.53. The number of anilines is 1. The maximum atomic E-state index is 13.3. The summed E-state index contributed by atoms with van der Waals surface area (Å²) in [5.74, 6) is 0.821. The normalized spacial score (nSPS) is 11.4. The SMILES string of the molecule is CCOc1ccc2nc(N(CCN(CC)CC)C(=O)Cn3nc(C)cc3C)sc2c1. The molecule has 0 aliphatic carbocycles. The van der Waals surface area contributed by atoms with E-state index < -0.39 is 0 Å². The molecule has 3 aromatic rings. The summed E-state index contributed by atoms with van der Waals surface area (Å²) in [7, 11) is 0. The zero-order chi connectivity index (χ0) is 21.7. The van der Waals surface area contributed by atoms with Gasteiger partial charge in [0.15, 0.2) is 5.13 Å². The fourth-order valence-electron chi connectivity index (χ4n) is 3.42. The van der Waals surface area contributed by atoms with Gasteiger partial charge in [-0.15, -0.1) is 0 Å². The highest BCUT2D eigenvalue weighted by atomic mass is 32.1. The number of thiazole rings is 1. The number of nitrogens with zero attached hydrogens (tertiary/aromatic N) is 5. The number of carbonyl (C=O) groups excluding carboxylic acids is 1. The van der Waals surface area contributed by atoms with Crippen LogP contribution in [0, 0.1) is 13.8 Å². The van der Waals surface area contributed by atoms with E-state index in [-0.39, 0.29) is 12.5 Å². The lowest BCUT2D eigenvalue weighted by molar-refractivity contribution is -0.119. The number of aryl methyl sites for hydroxylation is 2. The summed E-state index contributed by atoms with van der Waals surface area (Å²) in [6.07, 6.45) is 0. The molecule has 0 aliphatic heterocycles. The van der Waals surface area contributed by atoms with Gasteiger partial charge in [0.2, 0.25) is 0 Å². The Bertz CT molecular complexity index is 993. The van der Waals surface area contributed by atoms with Gasteiger partial charge in [-0.05, 0) is 58.1 Å². The molecule has 0 N–H and O–H groups in total. The summed E-state index contributed by atoms with van der Waals surface area (Å²) in [6, 6.07) is 7.86. The molecule has 0 unspecified atom stereocenters. The fourth-order valence-corrected chi connectivity index (χ4v) is 4.46. The molecule has 2 aromatic heterocycles. The standard InChI is InChI=1S/C22H31N5O2S/c1-6-25(7-2)11-12-26(21(28)15-27-17(5)13-16(4)24-27)22-23-19-10-9-18(29-8-3)14-20(19)30-22/h9-10,13-14H,6-8,11-12,15H2,1-5H3. The van der Waals surface area contributed by atoms with E-state index in [1.165, 1.54) is 11.3 Å². The Morgan fingerprint density at radius 2 is 1.90 bits per heavy atom. The van der Waals surface area contributed by atoms with Gasteiger partial charge in [-0.25, -0.2) is 4.98 Å². The number of aromatic nitrogens is 3. The predicted molar refractivity (Wildman–Crippen MR) is 123 cm³/mol. The van der Waals surface area contributed by atoms with Crippen molar-refractivity contribution >= 4 is 32.6 Å². The summed E-state index contributed by atoms with van der Waals surface area (Å²) in [6.45, 7) is 14.3. The van der Waals surface area contributed by atoms with Crippen LogP contribution in [0.1, 0.15) is 32.2 Å². The molecular weight excluding hydrogens is 398 g/mol. The van der Waals surface area contributed by atoms with Crippen molar-refractivity contribution in [2.45, 2.75) is 41.2 Å². The van der Waals surface area contributed by atoms with Crippen LogP contribution in [0.15, 0.2) is 24.3 Å². The quantitative estimate of drug-likeness (QED) is 0.489. The Morgan fingerprint density at radius 1 is 1.13 bits per heavy atom. The average molecular weight is 430 g/mol. The summed E-state index contributed by atoms with van der Waals surface area (Å²) in [5.41, 5.74) is 2.78. The highest BCUT2D eigenvalue weighted by Gasteiger charge is 2.22. The molecular formula is C22H31N5O2S. The van der Waals surface area contributed by atoms with Gasteiger partial charge in [0.05, 0.1) is 22.5 Å². The Hall–Kier alpha value is -2.45. The van der Waals surface area contributed by atoms with Crippen LogP contribution >= 0.6 is 11.3 Å². The van der Waals surface area contributed by atoms with Crippen LogP contribution in [-0.4, -0.2) is 58.4 Å². The zero-order valence-electron chi connectivity index (χ0n) is 18.5. The van der Waals surface area contributed by atoms with E-state index in [2.05, 4.69) is 23.8 Å². The van der Waals surface area contributed by atoms with Crippen LogP contribution in [0.25, 0.3) is 10.2 Å². The Balaban J connectivity index is 1.88. The van der Waals surface area contributed by atoms with Crippen molar-refractivity contribution in [3.05, 3.63) is 35.7 Å². The molecule has 7 nitrogen and oxygen atoms in total. The van der Waals surface area contributed by atoms with E-state index in [4.69, 9.17) is 9.72 Å². The van der Waals surface area contributed by atoms with Gasteiger partial charge in [-0.1, -0.05) is 25.2 Å². The van der Waals surface area contributed by atoms with E-state index >= 15 is 0 Å². The molecule has 2 heterocycles. The highest BCUT2D eigenvalue weighted by Crippen LogP contribution is 2.31. The largest absolute Gasteiger partial charge is 0.494 e. The average Bonchev–Trinajstić information content (AvgIpc) is 3.27. The number of fused-ring (bicyclic) bond motifs is 1. The molecule has 0 saturated heterocycles. The molecule has 0 fully saturated rings. The maximum Gasteiger partial charge on any atom is 0.250 e. The Labute approximate surface area is 182 Å². The minimum Gasteiger partial charge on any atom is -0.494 e. The second-order valence-corrected chi connectivity index (χ2v) is 8.23. The van der Waals surface area contributed by atoms with Gasteiger partial charge >= 0.3 is 0 Å². The van der Waals surface area contributed by atoms with E-state index in [1.54, 1.807) is 9.58 Å². The monoisotopic (exact) mass is 429 g/mol. The molecule has 1 aromatic carbocycles. The van der Waals surface area contributed by atoms with Crippen molar-refractivity contribution in [3.63, 3.8) is 0 Å². The molecule has 0 atom stereocenters. The number of hydrogen-bond donors (Lipinski definition) is 0. The van der Waals surface area contributed by atoms with E-state index in [1.807, 2.05) is 45.0 Å². The number of amides is 1. The molecule has 0 aliphatic rings. The number of likely N-dealkylation sites (N-methyl/N-ethyl adjacent to an activating group) is 1. The molecule has 0 radical (unpaired) electrons. The van der Waals surface area contributed by atoms with Gasteiger partial charge in [-0.3, -0.25) is 14.4 Å². The summed E-state index contributed by atoms with van der Waals surface area (Å²) < 4.78 is 8.40. The first-order chi connectivity index (χ1) is 14.4. The summed E-state index contributed by atoms with van der Waals surface area (Å²) in [5, 5.41) is 5.17. The first kappa shape index (κ1) is 22.2. The van der Waals surface area contributed by atoms with Crippen LogP contribution in [-0.2, 0) is 11.3 Å². The molecule has 0 saturated carbocycles. The van der Waals surface area contributed by atoms with Crippen molar-refractivity contribution < 1.29 is 9.53 Å². The summed E-state index contributed by atoms with van der Waals surface area (Å²) in [4.78, 5) is 22.2. The van der Waals surface area contributed by atoms with Crippen LogP contribution in [0.4, 0.5) is 5.13 Å². The van der Waals surface area contributed by atoms with Crippen molar-refractivity contribution in [1.29, 1.82) is 0 Å². The van der Waals surface area contributed by atoms with E-state index in [0.717, 1.165) is 52.1 Å². The number of hydrogen-bond acceptors (Lipinski definition) is 6. The molecule has 162 valence electrons. The van der Waals surface area contributed by atoms with Gasteiger partial charge in [0, 0.05) is 18.8 Å². The van der Waals surface area contributed by atoms with Gasteiger partial charge < -0.3 is 9.64 Å². The van der Waals surface area contributed by atoms with Crippen molar-refractivity contribution in [3.8, 4) is 5.75 Å². The molecule has 8 heteroatoms. The van der Waals surface area contributed by atoms with Gasteiger partial charge in [-0.2, -0.15) is 5.10 Å². The number of benzene rings is 1. The van der Waals surface area contributed by atoms with E-state index in [0.29, 0.717) is 13.2 Å². The third kappa shape index (κ3) is 5.17. The highest BCUT2D eigenvalue weighted by molar-refractivity contribution is 7.22. The smallest absolute Gasteiger partial charge is 0.250 e. The maximum absolute atomic E-state index is 13.3. The molecule has 0 bridgehead atoms. The lowest BCUT2D eigenvalue weighted by atomic mass is 10.3. The van der Waals surface area contributed by atoms with Crippen LogP contribution in [0.2, 0.25) is 0 Å². The lowest BCUT2D eigenvalue weighted by Crippen LogP contribution is -2.40. The fraction of sp³-hybridized carbons (Fsp3) is 0.500. The third-order valence-corrected chi connectivity index (χ3v) is 6.16. The van der Waals surface area contributed by atoms with Crippen molar-refractivity contribution in [1.82, 2.24) is 19.7 Å². The third-order valence-electron chi connectivity index (χ3n) is 5.11. The van der Waals surface area contributed by atoms with Crippen molar-refractivity contribution in [2.75, 3.05) is 37.7 Å². The molecule has 1 amide bonds. The first-order valence-corrected chi connectivity index (χ1v) is 11.3. The van der Waals surface area contributed by atoms with E-state index in [9.17, 15) is 4.79 Å². The minimum absolute atomic E-state index is 0.00237. The van der Waals surface area contributed by atoms with Crippen molar-refractivity contribution in [2.24, 2.45) is 0 Å². The van der Waals surface area contributed by atoms with Crippen LogP contribution in [0.5, 0.6) is 5.75 Å². The molecule has 3 rings (SSSR count).